The van der Waals surface area contributed by atoms with E-state index >= 15 is 0 Å². The van der Waals surface area contributed by atoms with Crippen molar-refractivity contribution in [3.05, 3.63) is 40.1 Å². The Bertz CT molecular complexity index is 613. The summed E-state index contributed by atoms with van der Waals surface area (Å²) in [6.07, 6.45) is 1.53. The molecular formula is C10H11N5O2. The van der Waals surface area contributed by atoms with E-state index in [1.807, 2.05) is 0 Å². The van der Waals surface area contributed by atoms with Gasteiger partial charge in [0.05, 0.1) is 0 Å². The fraction of sp³-hybridized carbons (Fsp3) is 0.200. The highest BCUT2D eigenvalue weighted by Gasteiger charge is 2.09. The Morgan fingerprint density at radius 2 is 2.29 bits per heavy atom. The number of hydrogen-bond donors (Lipinski definition) is 2. The van der Waals surface area contributed by atoms with E-state index in [1.165, 1.54) is 16.8 Å². The van der Waals surface area contributed by atoms with Crippen molar-refractivity contribution in [3.8, 4) is 0 Å². The first-order chi connectivity index (χ1) is 8.06. The average molecular weight is 233 g/mol. The van der Waals surface area contributed by atoms with Gasteiger partial charge in [-0.1, -0.05) is 0 Å². The third kappa shape index (κ3) is 2.39. The fourth-order valence-corrected chi connectivity index (χ4v) is 1.26. The molecule has 2 aromatic rings. The molecule has 7 nitrogen and oxygen atoms in total. The van der Waals surface area contributed by atoms with Crippen LogP contribution >= 0.6 is 0 Å². The van der Waals surface area contributed by atoms with Crippen LogP contribution < -0.4 is 10.9 Å². The highest BCUT2D eigenvalue weighted by Crippen LogP contribution is 2.01. The van der Waals surface area contributed by atoms with Crippen LogP contribution in [0.15, 0.2) is 23.1 Å². The minimum atomic E-state index is -0.415. The van der Waals surface area contributed by atoms with Gasteiger partial charge in [0.1, 0.15) is 5.82 Å². The number of carbonyl (C=O) groups excluding carboxylic acids is 1. The summed E-state index contributed by atoms with van der Waals surface area (Å²) in [4.78, 5) is 27.0. The molecule has 2 rings (SSSR count). The summed E-state index contributed by atoms with van der Waals surface area (Å²) >= 11 is 0. The minimum absolute atomic E-state index is 0.188. The molecule has 2 aromatic heterocycles. The number of carbonyl (C=O) groups is 1. The number of hydrogen-bond acceptors (Lipinski definition) is 4. The monoisotopic (exact) mass is 233 g/mol. The zero-order chi connectivity index (χ0) is 12.4. The van der Waals surface area contributed by atoms with Crippen LogP contribution in [-0.4, -0.2) is 25.7 Å². The van der Waals surface area contributed by atoms with Crippen molar-refractivity contribution in [2.75, 3.05) is 5.32 Å². The molecule has 0 radical (unpaired) electrons. The van der Waals surface area contributed by atoms with E-state index in [4.69, 9.17) is 0 Å². The van der Waals surface area contributed by atoms with Crippen molar-refractivity contribution in [1.29, 1.82) is 0 Å². The van der Waals surface area contributed by atoms with E-state index in [2.05, 4.69) is 20.5 Å². The standard InChI is InChI=1S/C10H11N5O2/c1-6-11-10(14-13-6)12-9(17)7-3-4-15(2)8(16)5-7/h3-5H,1-2H3,(H2,11,12,13,14,17). The zero-order valence-corrected chi connectivity index (χ0v) is 9.39. The first kappa shape index (κ1) is 11.1. The highest BCUT2D eigenvalue weighted by atomic mass is 16.2. The summed E-state index contributed by atoms with van der Waals surface area (Å²) < 4.78 is 1.38. The third-order valence-corrected chi connectivity index (χ3v) is 2.19. The van der Waals surface area contributed by atoms with Gasteiger partial charge in [-0.2, -0.15) is 4.98 Å². The first-order valence-electron chi connectivity index (χ1n) is 4.93. The predicted octanol–water partition coefficient (Wildman–Crippen LogP) is 0.0641. The topological polar surface area (TPSA) is 92.7 Å². The predicted molar refractivity (Wildman–Crippen MR) is 60.8 cm³/mol. The number of pyridine rings is 1. The maximum absolute atomic E-state index is 11.7. The summed E-state index contributed by atoms with van der Waals surface area (Å²) in [7, 11) is 1.61. The number of anilines is 1. The number of rotatable bonds is 2. The average Bonchev–Trinajstić information content (AvgIpc) is 2.68. The smallest absolute Gasteiger partial charge is 0.258 e. The van der Waals surface area contributed by atoms with Gasteiger partial charge in [0.15, 0.2) is 0 Å². The zero-order valence-electron chi connectivity index (χ0n) is 9.39. The Kier molecular flexibility index (Phi) is 2.73. The van der Waals surface area contributed by atoms with Crippen molar-refractivity contribution in [1.82, 2.24) is 19.7 Å². The molecule has 0 aliphatic carbocycles. The number of aromatic amines is 1. The molecule has 0 saturated heterocycles. The number of nitrogens with one attached hydrogen (secondary N) is 2. The molecule has 0 aliphatic rings. The quantitative estimate of drug-likeness (QED) is 0.767. The normalized spacial score (nSPS) is 10.2. The second kappa shape index (κ2) is 4.20. The Morgan fingerprint density at radius 3 is 2.88 bits per heavy atom. The first-order valence-corrected chi connectivity index (χ1v) is 4.93. The van der Waals surface area contributed by atoms with Crippen molar-refractivity contribution < 1.29 is 4.79 Å². The lowest BCUT2D eigenvalue weighted by Crippen LogP contribution is -2.20. The highest BCUT2D eigenvalue weighted by molar-refractivity contribution is 6.03. The van der Waals surface area contributed by atoms with Crippen LogP contribution in [0.1, 0.15) is 16.2 Å². The molecule has 1 amide bonds. The van der Waals surface area contributed by atoms with Crippen LogP contribution in [0.4, 0.5) is 5.95 Å². The van der Waals surface area contributed by atoms with Crippen molar-refractivity contribution >= 4 is 11.9 Å². The van der Waals surface area contributed by atoms with E-state index in [9.17, 15) is 9.59 Å². The third-order valence-electron chi connectivity index (χ3n) is 2.19. The van der Waals surface area contributed by atoms with Gasteiger partial charge in [0.2, 0.25) is 5.95 Å². The van der Waals surface area contributed by atoms with Crippen LogP contribution in [0.25, 0.3) is 0 Å². The maximum Gasteiger partial charge on any atom is 0.258 e. The van der Waals surface area contributed by atoms with Gasteiger partial charge >= 0.3 is 0 Å². The van der Waals surface area contributed by atoms with Gasteiger partial charge in [0, 0.05) is 24.9 Å². The molecule has 88 valence electrons. The fourth-order valence-electron chi connectivity index (χ4n) is 1.26. The van der Waals surface area contributed by atoms with Crippen LogP contribution in [0.3, 0.4) is 0 Å². The minimum Gasteiger partial charge on any atom is -0.319 e. The molecule has 17 heavy (non-hydrogen) atoms. The number of amides is 1. The Morgan fingerprint density at radius 1 is 1.53 bits per heavy atom. The largest absolute Gasteiger partial charge is 0.319 e. The van der Waals surface area contributed by atoms with Gasteiger partial charge in [0.25, 0.3) is 11.5 Å². The van der Waals surface area contributed by atoms with E-state index in [0.29, 0.717) is 5.82 Å². The molecule has 0 bridgehead atoms. The lowest BCUT2D eigenvalue weighted by Gasteiger charge is -2.01. The molecule has 2 N–H and O–H groups in total. The summed E-state index contributed by atoms with van der Waals surface area (Å²) in [5, 5.41) is 8.86. The molecule has 0 aromatic carbocycles. The lowest BCUT2D eigenvalue weighted by atomic mass is 10.2. The van der Waals surface area contributed by atoms with Crippen molar-refractivity contribution in [3.63, 3.8) is 0 Å². The molecular weight excluding hydrogens is 222 g/mol. The summed E-state index contributed by atoms with van der Waals surface area (Å²) in [6, 6.07) is 2.81. The van der Waals surface area contributed by atoms with Crippen LogP contribution in [0.5, 0.6) is 0 Å². The SMILES string of the molecule is Cc1nc(NC(=O)c2ccn(C)c(=O)c2)n[nH]1. The Hall–Kier alpha value is -2.44. The lowest BCUT2D eigenvalue weighted by molar-refractivity contribution is 0.102. The second-order valence-corrected chi connectivity index (χ2v) is 3.56. The van der Waals surface area contributed by atoms with Gasteiger partial charge in [-0.05, 0) is 13.0 Å². The van der Waals surface area contributed by atoms with Gasteiger partial charge in [-0.3, -0.25) is 20.0 Å². The number of H-pyrrole nitrogens is 1. The molecule has 0 fully saturated rings. The Labute approximate surface area is 96.5 Å². The van der Waals surface area contributed by atoms with Crippen LogP contribution in [0, 0.1) is 6.92 Å². The number of aromatic nitrogens is 4. The van der Waals surface area contributed by atoms with Gasteiger partial charge in [-0.25, -0.2) is 0 Å². The van der Waals surface area contributed by atoms with Gasteiger partial charge in [-0.15, -0.1) is 5.10 Å². The van der Waals surface area contributed by atoms with E-state index in [-0.39, 0.29) is 17.1 Å². The van der Waals surface area contributed by atoms with E-state index in [0.717, 1.165) is 0 Å². The van der Waals surface area contributed by atoms with Crippen LogP contribution in [0.2, 0.25) is 0 Å². The van der Waals surface area contributed by atoms with E-state index in [1.54, 1.807) is 20.0 Å². The van der Waals surface area contributed by atoms with Gasteiger partial charge < -0.3 is 4.57 Å². The summed E-state index contributed by atoms with van der Waals surface area (Å²) in [6.45, 7) is 1.72. The van der Waals surface area contributed by atoms with Crippen LogP contribution in [-0.2, 0) is 7.05 Å². The molecule has 0 aliphatic heterocycles. The molecule has 0 spiro atoms. The Balaban J connectivity index is 2.20. The van der Waals surface area contributed by atoms with E-state index < -0.39 is 5.91 Å². The second-order valence-electron chi connectivity index (χ2n) is 3.56. The molecule has 0 unspecified atom stereocenters. The number of nitrogens with zero attached hydrogens (tertiary/aromatic N) is 3. The molecule has 0 atom stereocenters. The summed E-state index contributed by atoms with van der Waals surface area (Å²) in [5.74, 6) is 0.374. The number of aryl methyl sites for hydroxylation is 2. The maximum atomic E-state index is 11.7. The molecule has 0 saturated carbocycles. The summed E-state index contributed by atoms with van der Waals surface area (Å²) in [5.41, 5.74) is 0.0272. The van der Waals surface area contributed by atoms with Crippen molar-refractivity contribution in [2.24, 2.45) is 7.05 Å². The van der Waals surface area contributed by atoms with Crippen molar-refractivity contribution in [2.45, 2.75) is 6.92 Å². The molecule has 7 heteroatoms. The molecule has 2 heterocycles.